The monoisotopic (exact) mass is 2250 g/mol. The Bertz CT molecular complexity index is 7030. The van der Waals surface area contributed by atoms with Crippen molar-refractivity contribution < 1.29 is 75.6 Å². The number of halogens is 3. The van der Waals surface area contributed by atoms with Crippen molar-refractivity contribution in [1.29, 1.82) is 0 Å². The van der Waals surface area contributed by atoms with Crippen LogP contribution in [-0.2, 0) is 19.1 Å². The minimum Gasteiger partial charge on any atom is -1.00 e. The van der Waals surface area contributed by atoms with Crippen LogP contribution in [0.3, 0.4) is 0 Å². The first kappa shape index (κ1) is 129. The number of thiocarbonyl (C=S) groups is 1. The van der Waals surface area contributed by atoms with Gasteiger partial charge in [-0.25, -0.2) is 17.9 Å². The summed E-state index contributed by atoms with van der Waals surface area (Å²) in [6, 6.07) is 93.0. The van der Waals surface area contributed by atoms with Gasteiger partial charge >= 0.3 is 64.5 Å². The van der Waals surface area contributed by atoms with E-state index in [2.05, 4.69) is 314 Å². The van der Waals surface area contributed by atoms with Gasteiger partial charge in [0.15, 0.2) is 5.16 Å². The Hall–Kier alpha value is -11.3. The van der Waals surface area contributed by atoms with Crippen LogP contribution >= 0.6 is 63.7 Å². The van der Waals surface area contributed by atoms with Gasteiger partial charge in [0.05, 0.1) is 52.5 Å². The second kappa shape index (κ2) is 65.8. The number of esters is 2. The number of H-pyrrole nitrogens is 1. The maximum absolute atomic E-state index is 11.4. The number of non-ortho nitro benzene ring substituents is 1. The number of nitrogens with two attached hydrogens (primary N) is 6. The first-order chi connectivity index (χ1) is 69.8. The van der Waals surface area contributed by atoms with E-state index in [1.165, 1.54) is 203 Å². The van der Waals surface area contributed by atoms with Gasteiger partial charge in [-0.05, 0) is 296 Å². The molecule has 0 amide bonds. The topological polar surface area (TPSA) is 417 Å². The van der Waals surface area contributed by atoms with E-state index in [-0.39, 0.29) is 133 Å². The van der Waals surface area contributed by atoms with Gasteiger partial charge in [-0.1, -0.05) is 281 Å². The Kier molecular flexibility index (Phi) is 56.7. The minimum absolute atomic E-state index is 0. The predicted octanol–water partition coefficient (Wildman–Crippen LogP) is 22.8. The van der Waals surface area contributed by atoms with Gasteiger partial charge in [-0.2, -0.15) is 4.99 Å². The summed E-state index contributed by atoms with van der Waals surface area (Å²) in [5, 5.41) is 65.3. The number of alkyl halides is 1. The summed E-state index contributed by atoms with van der Waals surface area (Å²) in [6.45, 7) is 14.3. The van der Waals surface area contributed by atoms with Crippen LogP contribution in [-0.4, -0.2) is 142 Å². The van der Waals surface area contributed by atoms with Crippen molar-refractivity contribution in [3.63, 3.8) is 0 Å². The molecule has 26 nitrogen and oxygen atoms in total. The number of isothiocyanates is 1. The van der Waals surface area contributed by atoms with Crippen LogP contribution in [0.2, 0.25) is 0 Å². The van der Waals surface area contributed by atoms with E-state index < -0.39 is 5.97 Å². The number of nitrogens with one attached hydrogen (secondary N) is 1. The predicted molar refractivity (Wildman–Crippen MR) is 629 cm³/mol. The van der Waals surface area contributed by atoms with Crippen LogP contribution in [0.1, 0.15) is 223 Å². The zero-order valence-electron chi connectivity index (χ0n) is 84.5. The second-order valence-corrected chi connectivity index (χ2v) is 38.2. The molecule has 2 aromatic heterocycles. The van der Waals surface area contributed by atoms with Crippen molar-refractivity contribution in [2.45, 2.75) is 206 Å². The summed E-state index contributed by atoms with van der Waals surface area (Å²) in [7, 11) is 2.66. The molecular formula is C116H139Br2ClMgN17NaO9S3. The first-order valence-electron chi connectivity index (χ1n) is 48.4. The number of methoxy groups -OCH3 is 2. The van der Waals surface area contributed by atoms with E-state index in [4.69, 9.17) is 72.4 Å². The number of rotatable bonds is 17. The molecule has 0 bridgehead atoms. The zero-order valence-corrected chi connectivity index (χ0v) is 94.3. The average molecular weight is 2250 g/mol. The fourth-order valence-corrected chi connectivity index (χ4v) is 18.7. The standard InChI is InChI=1S/C18H18N4O2S.C15H14N4S.C14H11NS.C13H11NO2.C13H13N.C13H12.C10H7Br.C8H19N.C3H5ClO2.C3H5.C2H6O.CH6N4.3CH4.BrH.Mg.HNO2.Na/c1-24-16(23)10-25-18-21-20-17(19)22(18)15-9-8-12(11-6-7-11)13-4-2-3-5-14(13)15;16-14-17-18-15(20)19(14)13-8-7-10(9-5-6-9)11-3-1-2-4-12(11)13;16-9-15-14-8-7-11(10-5-6-10)12-3-1-2-4-13(12)14;15-14(16)13-8-7-10(9-5-6-9)11-3-1-2-4-12(11)13;14-13-8-7-10(9-5-6-9)11-3-1-2-4-12(11)13;1-2-6-12-10(4-1)5-3-7-13(12)11-8-9-11;11-10-7-3-5-8-4-1-2-6-9(8)10;1-6-9(7(2)3)8(4)5;1-6-3(5)2-4;1-2-3-1;1-2-3;2-1(3)5-4;;;;;;2-1-3;/h2-5,8-9,11H,6-7,10H2,1H3,(H2,19,20);1-4,7-9H,5-6H2,(H2,16,17)(H,18,20);1-4,7-8,10H,5-6H2;1-4,7-9H,5-6H2;1-4,7-9H,5-6,14H2;1-7,11H,8-9H2;1-7H;7-8H,6H2,1-5H3;2H2,1H3;1H,2-3H2;3H,2H2,1H3;4H2,(H4,2,3,5);3*1H4;1H;;(H,2,3);/q;;;;;;;;;-1;;;;;;;+2;;+1/p-2. The van der Waals surface area contributed by atoms with E-state index in [0.29, 0.717) is 51.7 Å². The Labute approximate surface area is 958 Å². The number of hydrogen-bond acceptors (Lipinski definition) is 23. The molecule has 0 atom stereocenters. The number of nitro groups is 1. The molecule has 2 heterocycles. The number of nitro benzene ring substituents is 1. The van der Waals surface area contributed by atoms with Crippen LogP contribution in [0, 0.1) is 31.4 Å². The van der Waals surface area contributed by atoms with Crippen LogP contribution in [0.15, 0.2) is 292 Å². The summed E-state index contributed by atoms with van der Waals surface area (Å²) < 4.78 is 14.1. The van der Waals surface area contributed by atoms with E-state index in [1.807, 2.05) is 66.7 Å². The zero-order chi connectivity index (χ0) is 103. The number of nitrogens with zero attached hydrogens (tertiary/aromatic N) is 10. The van der Waals surface area contributed by atoms with E-state index in [9.17, 15) is 19.7 Å². The number of fused-ring (bicyclic) bond motifs is 7. The maximum atomic E-state index is 11.4. The van der Waals surface area contributed by atoms with Crippen molar-refractivity contribution in [3.8, 4) is 11.4 Å². The van der Waals surface area contributed by atoms with Crippen molar-refractivity contribution >= 4 is 214 Å². The van der Waals surface area contributed by atoms with Crippen LogP contribution in [0.25, 0.3) is 86.8 Å². The van der Waals surface area contributed by atoms with Gasteiger partial charge in [0.1, 0.15) is 5.88 Å². The number of aliphatic hydroxyl groups is 1. The SMILES string of the molecule is Brc1cccc2ccccc12.C.C.C.CCN(C(C)C)C(C)C.CCO.COC(=O)CCl.COC(=O)CSc1nnc(N)n1-c1ccc(C2CC2)c2ccccc12.NN=C(N)N.Nc1ccc(C2CC2)c2ccccc12.Nc1n[nH]c(=S)n1-c1ccc(C2CC2)c2ccccc12.O=N[O-].O=[N+]([O-])c1ccc(C2CC2)c2ccccc12.S=C=Nc1ccc(C2CC2)c2ccccc12.[Br-].[CH-]1CC1.[Mg+2].[Na+].c1ccc2c(C3CC3)cccc2c1. The van der Waals surface area contributed by atoms with Gasteiger partial charge in [0.2, 0.25) is 22.6 Å². The first-order valence-corrected chi connectivity index (χ1v) is 51.5. The molecule has 0 spiro atoms. The van der Waals surface area contributed by atoms with Crippen molar-refractivity contribution in [3.05, 3.63) is 336 Å². The fourth-order valence-electron chi connectivity index (χ4n) is 16.9. The molecule has 7 aliphatic carbocycles. The van der Waals surface area contributed by atoms with Crippen molar-refractivity contribution in [1.82, 2.24) is 34.4 Å². The fraction of sp³-hybridized carbons (Fsp3) is 0.319. The molecule has 7 saturated carbocycles. The van der Waals surface area contributed by atoms with Gasteiger partial charge < -0.3 is 82.6 Å². The number of carbonyl (C=O) groups excluding carboxylic acids is 2. The number of thioether (sulfide) groups is 1. The number of aromatic amines is 1. The maximum Gasteiger partial charge on any atom is 2.00 e. The molecule has 7 fully saturated rings. The number of aliphatic imine (C=N–C) groups is 1. The normalized spacial score (nSPS) is 13.1. The van der Waals surface area contributed by atoms with Gasteiger partial charge in [-0.3, -0.25) is 33.7 Å². The van der Waals surface area contributed by atoms with E-state index >= 15 is 0 Å². The Morgan fingerprint density at radius 3 is 1.25 bits per heavy atom. The molecule has 0 radical (unpaired) electrons. The minimum atomic E-state index is -0.392. The number of benzene rings is 14. The molecule has 784 valence electrons. The van der Waals surface area contributed by atoms with Crippen molar-refractivity contribution in [2.75, 3.05) is 56.2 Å². The summed E-state index contributed by atoms with van der Waals surface area (Å²) in [4.78, 5) is 46.5. The molecular weight excluding hydrogens is 2110 g/mol. The van der Waals surface area contributed by atoms with Crippen LogP contribution < -0.4 is 81.0 Å². The van der Waals surface area contributed by atoms with Gasteiger partial charge in [-0.15, -0.1) is 37.3 Å². The number of hydrazone groups is 1. The third kappa shape index (κ3) is 37.9. The summed E-state index contributed by atoms with van der Waals surface area (Å²) in [5.41, 5.74) is 39.8. The summed E-state index contributed by atoms with van der Waals surface area (Å²) >= 11 is 19.7. The number of aromatic nitrogens is 6. The third-order valence-corrected chi connectivity index (χ3v) is 26.8. The molecule has 0 unspecified atom stereocenters. The molecule has 0 saturated heterocycles. The van der Waals surface area contributed by atoms with E-state index in [0.717, 1.165) is 73.0 Å². The number of anilines is 3. The molecule has 7 aliphatic rings. The number of guanidine groups is 1. The Morgan fingerprint density at radius 1 is 0.540 bits per heavy atom. The third-order valence-electron chi connectivity index (χ3n) is 24.6. The second-order valence-electron chi connectivity index (χ2n) is 35.6. The summed E-state index contributed by atoms with van der Waals surface area (Å²) in [6.07, 6.45) is 20.6. The van der Waals surface area contributed by atoms with Crippen LogP contribution in [0.4, 0.5) is 29.0 Å². The average Bonchev–Trinajstić information content (AvgIpc) is 1.62. The number of hydrogen-bond donors (Lipinski definition) is 8. The Balaban J connectivity index is 0.000000295. The van der Waals surface area contributed by atoms with Gasteiger partial charge in [0.25, 0.3) is 5.69 Å². The van der Waals surface area contributed by atoms with Crippen LogP contribution in [0.5, 0.6) is 0 Å². The Morgan fingerprint density at radius 2 is 0.880 bits per heavy atom. The molecule has 0 aliphatic heterocycles. The number of ether oxygens (including phenoxy) is 2. The van der Waals surface area contributed by atoms with Crippen molar-refractivity contribution in [2.24, 2.45) is 32.7 Å². The molecule has 14 aromatic carbocycles. The number of carbonyl (C=O) groups is 2. The van der Waals surface area contributed by atoms with Gasteiger partial charge in [0, 0.05) is 56.5 Å². The number of nitrogen functional groups attached to an aromatic ring is 3. The van der Waals surface area contributed by atoms with E-state index in [1.54, 1.807) is 27.7 Å². The summed E-state index contributed by atoms with van der Waals surface area (Å²) in [5.74, 6) is 8.89. The quantitative estimate of drug-likeness (QED) is 0.00335. The molecule has 150 heavy (non-hydrogen) atoms. The largest absolute Gasteiger partial charge is 2.00 e. The molecule has 16 aromatic rings. The number of aliphatic hydroxyl groups excluding tert-OH is 1. The molecule has 14 N–H and O–H groups in total. The molecule has 23 rings (SSSR count). The molecule has 34 heteroatoms. The smallest absolute Gasteiger partial charge is 1.00 e.